The van der Waals surface area contributed by atoms with Gasteiger partial charge in [-0.15, -0.1) is 0 Å². The molecule has 8 aromatic carbocycles. The highest BCUT2D eigenvalue weighted by atomic mass is 14.9. The van der Waals surface area contributed by atoms with E-state index in [9.17, 15) is 0 Å². The molecule has 0 spiro atoms. The smallest absolute Gasteiger partial charge is 0.160 e. The molecule has 0 fully saturated rings. The van der Waals surface area contributed by atoms with E-state index in [1.165, 1.54) is 72.3 Å². The molecule has 4 unspecified atom stereocenters. The van der Waals surface area contributed by atoms with Crippen molar-refractivity contribution in [2.24, 2.45) is 9.98 Å². The fraction of sp³-hybridized carbons (Fsp3) is 0.148. The van der Waals surface area contributed by atoms with Crippen molar-refractivity contribution in [3.63, 3.8) is 0 Å². The number of amidine groups is 1. The molecule has 0 aromatic heterocycles. The van der Waals surface area contributed by atoms with Gasteiger partial charge in [-0.05, 0) is 109 Å². The maximum Gasteiger partial charge on any atom is 0.160 e. The average molecular weight is 811 g/mol. The van der Waals surface area contributed by atoms with Crippen molar-refractivity contribution in [1.82, 2.24) is 0 Å². The van der Waals surface area contributed by atoms with Gasteiger partial charge in [0.1, 0.15) is 0 Å². The minimum Gasteiger partial charge on any atom is -0.232 e. The summed E-state index contributed by atoms with van der Waals surface area (Å²) in [7, 11) is 0. The average Bonchev–Trinajstić information content (AvgIpc) is 3.69. The molecule has 0 N–H and O–H groups in total. The van der Waals surface area contributed by atoms with Gasteiger partial charge < -0.3 is 0 Å². The highest BCUT2D eigenvalue weighted by Crippen LogP contribution is 2.57. The van der Waals surface area contributed by atoms with Gasteiger partial charge in [0.05, 0.1) is 11.4 Å². The van der Waals surface area contributed by atoms with E-state index in [0.29, 0.717) is 0 Å². The van der Waals surface area contributed by atoms with Gasteiger partial charge in [0.2, 0.25) is 0 Å². The summed E-state index contributed by atoms with van der Waals surface area (Å²) in [6, 6.07) is 73.3. The third-order valence-corrected chi connectivity index (χ3v) is 14.0. The molecule has 0 radical (unpaired) electrons. The summed E-state index contributed by atoms with van der Waals surface area (Å²) in [5.41, 5.74) is 22.1. The van der Waals surface area contributed by atoms with Crippen LogP contribution in [0, 0.1) is 0 Å². The zero-order valence-electron chi connectivity index (χ0n) is 36.0. The van der Waals surface area contributed by atoms with E-state index in [1.807, 2.05) is 0 Å². The lowest BCUT2D eigenvalue weighted by atomic mass is 9.68. The van der Waals surface area contributed by atoms with Crippen molar-refractivity contribution in [2.75, 3.05) is 0 Å². The molecule has 0 bridgehead atoms. The molecule has 4 atom stereocenters. The highest BCUT2D eigenvalue weighted by molar-refractivity contribution is 6.14. The summed E-state index contributed by atoms with van der Waals surface area (Å²) in [6.07, 6.45) is 5.02. The first-order valence-electron chi connectivity index (χ1n) is 22.7. The van der Waals surface area contributed by atoms with E-state index in [-0.39, 0.29) is 23.7 Å². The summed E-state index contributed by atoms with van der Waals surface area (Å²) in [4.78, 5) is 10.8. The highest BCUT2D eigenvalue weighted by Gasteiger charge is 2.39. The number of allylic oxidation sites excluding steroid dienone is 1. The fourth-order valence-electron chi connectivity index (χ4n) is 10.8. The maximum absolute atomic E-state index is 5.46. The first-order chi connectivity index (χ1) is 31.1. The summed E-state index contributed by atoms with van der Waals surface area (Å²) >= 11 is 0. The SMILES string of the molecule is CC(c1ccccc1C1=CCCC(c2ccccc2)=NC(c2ccccc2)=N1)C1Cc2c(ccc3c2C(C(C)c2ccc(-c4ccccc4)cc2)c2ccccc2-3)-c2ccccc21. The second-order valence-corrected chi connectivity index (χ2v) is 17.5. The van der Waals surface area contributed by atoms with Crippen molar-refractivity contribution >= 4 is 17.2 Å². The number of rotatable bonds is 8. The van der Waals surface area contributed by atoms with Gasteiger partial charge in [0, 0.05) is 17.0 Å². The second kappa shape index (κ2) is 16.6. The Kier molecular flexibility index (Phi) is 10.2. The van der Waals surface area contributed by atoms with Crippen LogP contribution in [0.2, 0.25) is 0 Å². The van der Waals surface area contributed by atoms with Crippen LogP contribution in [0.5, 0.6) is 0 Å². The van der Waals surface area contributed by atoms with E-state index < -0.39 is 0 Å². The van der Waals surface area contributed by atoms with Crippen LogP contribution >= 0.6 is 0 Å². The van der Waals surface area contributed by atoms with Crippen LogP contribution in [0.25, 0.3) is 39.1 Å². The Morgan fingerprint density at radius 3 is 1.71 bits per heavy atom. The Balaban J connectivity index is 0.999. The molecule has 0 saturated carbocycles. The molecule has 3 aliphatic rings. The van der Waals surface area contributed by atoms with Crippen LogP contribution in [0.4, 0.5) is 0 Å². The molecule has 11 rings (SSSR count). The summed E-state index contributed by atoms with van der Waals surface area (Å²) in [5, 5.41) is 0. The van der Waals surface area contributed by atoms with Crippen LogP contribution in [0.3, 0.4) is 0 Å². The molecule has 1 aliphatic heterocycles. The number of benzene rings is 8. The van der Waals surface area contributed by atoms with E-state index in [1.54, 1.807) is 0 Å². The first kappa shape index (κ1) is 38.7. The first-order valence-corrected chi connectivity index (χ1v) is 22.7. The molecule has 0 amide bonds. The topological polar surface area (TPSA) is 24.7 Å². The van der Waals surface area contributed by atoms with Crippen LogP contribution < -0.4 is 0 Å². The monoisotopic (exact) mass is 810 g/mol. The third kappa shape index (κ3) is 7.10. The molecule has 2 heteroatoms. The number of hydrogen-bond acceptors (Lipinski definition) is 2. The summed E-state index contributed by atoms with van der Waals surface area (Å²) in [6.45, 7) is 4.90. The zero-order chi connectivity index (χ0) is 42.3. The summed E-state index contributed by atoms with van der Waals surface area (Å²) < 4.78 is 0. The Hall–Kier alpha value is -7.16. The fourth-order valence-corrected chi connectivity index (χ4v) is 10.8. The number of hydrogen-bond donors (Lipinski definition) is 0. The number of fused-ring (bicyclic) bond motifs is 7. The van der Waals surface area contributed by atoms with Gasteiger partial charge in [0.15, 0.2) is 5.84 Å². The van der Waals surface area contributed by atoms with Gasteiger partial charge in [-0.1, -0.05) is 220 Å². The second-order valence-electron chi connectivity index (χ2n) is 17.5. The Labute approximate surface area is 372 Å². The van der Waals surface area contributed by atoms with E-state index in [4.69, 9.17) is 9.98 Å². The predicted molar refractivity (Wildman–Crippen MR) is 264 cm³/mol. The van der Waals surface area contributed by atoms with Crippen LogP contribution in [0.15, 0.2) is 216 Å². The van der Waals surface area contributed by atoms with Crippen LogP contribution in [-0.4, -0.2) is 11.5 Å². The third-order valence-electron chi connectivity index (χ3n) is 14.0. The molecule has 8 aromatic rings. The van der Waals surface area contributed by atoms with E-state index in [0.717, 1.165) is 47.6 Å². The molecular formula is C61H50N2. The quantitative estimate of drug-likeness (QED) is 0.146. The molecule has 2 aliphatic carbocycles. The Morgan fingerprint density at radius 2 is 1.00 bits per heavy atom. The van der Waals surface area contributed by atoms with Gasteiger partial charge in [-0.25, -0.2) is 9.98 Å². The standard InChI is InChI=1S/C61H50N2/c1-40(42-33-35-44(36-34-42)43-19-6-3-7-20-43)59-53-30-17-15-28-50(53)54-38-37-51-48-26-13-14-27-49(48)55(39-56(51)60(54)59)41(2)47-25-12-16-29-52(47)58-32-18-31-57(45-21-8-4-9-22-45)62-61(63-58)46-23-10-5-11-24-46/h3-17,19-30,32-38,40-41,55,59H,18,31,39H2,1-2H3. The maximum atomic E-state index is 5.46. The van der Waals surface area contributed by atoms with Crippen LogP contribution in [0.1, 0.15) is 100 Å². The van der Waals surface area contributed by atoms with Crippen LogP contribution in [-0.2, 0) is 6.42 Å². The molecular weight excluding hydrogens is 761 g/mol. The number of nitrogens with zero attached hydrogens (tertiary/aromatic N) is 2. The van der Waals surface area contributed by atoms with Gasteiger partial charge in [-0.3, -0.25) is 0 Å². The van der Waals surface area contributed by atoms with Crippen molar-refractivity contribution in [2.45, 2.75) is 56.8 Å². The normalized spacial score (nSPS) is 17.3. The van der Waals surface area contributed by atoms with Gasteiger partial charge >= 0.3 is 0 Å². The van der Waals surface area contributed by atoms with E-state index in [2.05, 4.69) is 220 Å². The zero-order valence-corrected chi connectivity index (χ0v) is 36.0. The van der Waals surface area contributed by atoms with Crippen molar-refractivity contribution < 1.29 is 0 Å². The Morgan fingerprint density at radius 1 is 0.444 bits per heavy atom. The molecule has 63 heavy (non-hydrogen) atoms. The molecule has 1 heterocycles. The lowest BCUT2D eigenvalue weighted by Gasteiger charge is -2.36. The minimum atomic E-state index is 0.210. The minimum absolute atomic E-state index is 0.210. The predicted octanol–water partition coefficient (Wildman–Crippen LogP) is 15.5. The number of aliphatic imine (C=N–C) groups is 2. The lowest BCUT2D eigenvalue weighted by molar-refractivity contribution is 0.560. The van der Waals surface area contributed by atoms with Crippen molar-refractivity contribution in [3.05, 3.63) is 256 Å². The largest absolute Gasteiger partial charge is 0.232 e. The van der Waals surface area contributed by atoms with Gasteiger partial charge in [0.25, 0.3) is 0 Å². The molecule has 0 saturated heterocycles. The van der Waals surface area contributed by atoms with Crippen molar-refractivity contribution in [3.8, 4) is 33.4 Å². The van der Waals surface area contributed by atoms with Gasteiger partial charge in [-0.2, -0.15) is 0 Å². The Bertz CT molecular complexity index is 3050. The molecule has 304 valence electrons. The summed E-state index contributed by atoms with van der Waals surface area (Å²) in [5.74, 6) is 1.76. The van der Waals surface area contributed by atoms with E-state index >= 15 is 0 Å². The molecule has 2 nitrogen and oxygen atoms in total. The lowest BCUT2D eigenvalue weighted by Crippen LogP contribution is -2.20. The van der Waals surface area contributed by atoms with Crippen molar-refractivity contribution in [1.29, 1.82) is 0 Å².